The third-order valence-electron chi connectivity index (χ3n) is 2.83. The minimum atomic E-state index is 0.702. The summed E-state index contributed by atoms with van der Waals surface area (Å²) in [7, 11) is 1.91. The largest absolute Gasteiger partial charge is 0.340 e. The Balaban J connectivity index is 1.98. The average molecular weight is 246 g/mol. The highest BCUT2D eigenvalue weighted by Crippen LogP contribution is 2.13. The zero-order valence-electron chi connectivity index (χ0n) is 9.90. The van der Waals surface area contributed by atoms with Crippen molar-refractivity contribution in [1.29, 1.82) is 5.26 Å². The van der Waals surface area contributed by atoms with Crippen molar-refractivity contribution in [2.24, 2.45) is 7.05 Å². The first kappa shape index (κ1) is 11.8. The van der Waals surface area contributed by atoms with Gasteiger partial charge in [0.05, 0.1) is 0 Å². The maximum Gasteiger partial charge on any atom is 0.120 e. The van der Waals surface area contributed by atoms with Gasteiger partial charge in [-0.2, -0.15) is 5.26 Å². The molecule has 0 aliphatic rings. The summed E-state index contributed by atoms with van der Waals surface area (Å²) in [6, 6.07) is 4.12. The van der Waals surface area contributed by atoms with Crippen LogP contribution in [0.2, 0.25) is 0 Å². The molecule has 0 atom stereocenters. The van der Waals surface area contributed by atoms with E-state index in [2.05, 4.69) is 16.4 Å². The van der Waals surface area contributed by atoms with Crippen LogP contribution >= 0.6 is 11.3 Å². The SMILES string of the molecule is Cc1c(CNCc2nccs2)cc(C#N)n1C. The smallest absolute Gasteiger partial charge is 0.120 e. The second kappa shape index (κ2) is 5.13. The van der Waals surface area contributed by atoms with Gasteiger partial charge >= 0.3 is 0 Å². The van der Waals surface area contributed by atoms with E-state index in [9.17, 15) is 0 Å². The molecule has 2 heterocycles. The molecule has 0 saturated heterocycles. The van der Waals surface area contributed by atoms with Crippen molar-refractivity contribution in [1.82, 2.24) is 14.9 Å². The molecule has 0 radical (unpaired) electrons. The third-order valence-corrected chi connectivity index (χ3v) is 3.61. The lowest BCUT2D eigenvalue weighted by atomic mass is 10.2. The Kier molecular flexibility index (Phi) is 3.57. The summed E-state index contributed by atoms with van der Waals surface area (Å²) in [5.74, 6) is 0. The Morgan fingerprint density at radius 1 is 1.53 bits per heavy atom. The predicted octanol–water partition coefficient (Wildman–Crippen LogP) is 1.95. The zero-order chi connectivity index (χ0) is 12.3. The van der Waals surface area contributed by atoms with E-state index in [1.165, 1.54) is 5.56 Å². The quantitative estimate of drug-likeness (QED) is 0.897. The molecule has 0 unspecified atom stereocenters. The number of nitrogens with zero attached hydrogens (tertiary/aromatic N) is 3. The van der Waals surface area contributed by atoms with E-state index < -0.39 is 0 Å². The van der Waals surface area contributed by atoms with Gasteiger partial charge in [0.1, 0.15) is 16.8 Å². The first-order chi connectivity index (χ1) is 8.22. The molecule has 0 saturated carbocycles. The molecule has 0 fully saturated rings. The molecule has 0 aromatic carbocycles. The predicted molar refractivity (Wildman–Crippen MR) is 67.5 cm³/mol. The van der Waals surface area contributed by atoms with Crippen LogP contribution in [0.4, 0.5) is 0 Å². The lowest BCUT2D eigenvalue weighted by Gasteiger charge is -2.03. The Hall–Kier alpha value is -1.64. The molecule has 0 amide bonds. The molecule has 88 valence electrons. The van der Waals surface area contributed by atoms with Gasteiger partial charge in [-0.3, -0.25) is 0 Å². The topological polar surface area (TPSA) is 53.6 Å². The van der Waals surface area contributed by atoms with Crippen molar-refractivity contribution in [2.45, 2.75) is 20.0 Å². The fourth-order valence-corrected chi connectivity index (χ4v) is 2.28. The van der Waals surface area contributed by atoms with E-state index in [0.29, 0.717) is 5.69 Å². The van der Waals surface area contributed by atoms with Gasteiger partial charge in [-0.05, 0) is 18.6 Å². The average Bonchev–Trinajstić information content (AvgIpc) is 2.92. The second-order valence-electron chi connectivity index (χ2n) is 3.84. The van der Waals surface area contributed by atoms with Crippen LogP contribution in [0.3, 0.4) is 0 Å². The van der Waals surface area contributed by atoms with Gasteiger partial charge in [-0.15, -0.1) is 11.3 Å². The number of hydrogen-bond acceptors (Lipinski definition) is 4. The van der Waals surface area contributed by atoms with Crippen LogP contribution in [-0.4, -0.2) is 9.55 Å². The van der Waals surface area contributed by atoms with E-state index in [-0.39, 0.29) is 0 Å². The molecular formula is C12H14N4S. The molecule has 2 rings (SSSR count). The summed E-state index contributed by atoms with van der Waals surface area (Å²) in [5.41, 5.74) is 3.00. The maximum absolute atomic E-state index is 8.93. The van der Waals surface area contributed by atoms with Crippen LogP contribution in [0.15, 0.2) is 17.6 Å². The van der Waals surface area contributed by atoms with Crippen LogP contribution in [0.1, 0.15) is 22.0 Å². The summed E-state index contributed by atoms with van der Waals surface area (Å²) in [4.78, 5) is 4.21. The van der Waals surface area contributed by atoms with Gasteiger partial charge in [0.25, 0.3) is 0 Å². The summed E-state index contributed by atoms with van der Waals surface area (Å²) < 4.78 is 1.92. The summed E-state index contributed by atoms with van der Waals surface area (Å²) >= 11 is 1.64. The second-order valence-corrected chi connectivity index (χ2v) is 4.82. The first-order valence-corrected chi connectivity index (χ1v) is 6.24. The molecule has 0 aliphatic carbocycles. The summed E-state index contributed by atoms with van der Waals surface area (Å²) in [6.45, 7) is 3.57. The highest BCUT2D eigenvalue weighted by molar-refractivity contribution is 7.09. The molecule has 0 aliphatic heterocycles. The minimum absolute atomic E-state index is 0.702. The molecule has 0 spiro atoms. The number of aromatic nitrogens is 2. The van der Waals surface area contributed by atoms with Crippen molar-refractivity contribution in [3.8, 4) is 6.07 Å². The van der Waals surface area contributed by atoms with Gasteiger partial charge in [-0.1, -0.05) is 0 Å². The Morgan fingerprint density at radius 2 is 2.35 bits per heavy atom. The van der Waals surface area contributed by atoms with Crippen LogP contribution in [-0.2, 0) is 20.1 Å². The molecule has 4 nitrogen and oxygen atoms in total. The van der Waals surface area contributed by atoms with Gasteiger partial charge in [0, 0.05) is 37.4 Å². The van der Waals surface area contributed by atoms with Gasteiger partial charge in [0.2, 0.25) is 0 Å². The van der Waals surface area contributed by atoms with Crippen LogP contribution in [0, 0.1) is 18.3 Å². The normalized spacial score (nSPS) is 10.4. The van der Waals surface area contributed by atoms with Crippen molar-refractivity contribution in [3.05, 3.63) is 39.6 Å². The molecular weight excluding hydrogens is 232 g/mol. The molecule has 2 aromatic heterocycles. The molecule has 5 heteroatoms. The first-order valence-electron chi connectivity index (χ1n) is 5.36. The maximum atomic E-state index is 8.93. The van der Waals surface area contributed by atoms with Crippen LogP contribution in [0.25, 0.3) is 0 Å². The standard InChI is InChI=1S/C12H14N4S/c1-9-10(5-11(6-13)16(9)2)7-14-8-12-15-3-4-17-12/h3-5,14H,7-8H2,1-2H3. The Labute approximate surface area is 105 Å². The van der Waals surface area contributed by atoms with Gasteiger partial charge < -0.3 is 9.88 Å². The summed E-state index contributed by atoms with van der Waals surface area (Å²) in [6.07, 6.45) is 1.81. The fourth-order valence-electron chi connectivity index (χ4n) is 1.69. The van der Waals surface area contributed by atoms with E-state index in [1.54, 1.807) is 11.3 Å². The van der Waals surface area contributed by atoms with E-state index >= 15 is 0 Å². The van der Waals surface area contributed by atoms with Gasteiger partial charge in [-0.25, -0.2) is 4.98 Å². The molecule has 1 N–H and O–H groups in total. The molecule has 0 bridgehead atoms. The highest BCUT2D eigenvalue weighted by atomic mass is 32.1. The van der Waals surface area contributed by atoms with E-state index in [1.807, 2.05) is 36.2 Å². The molecule has 17 heavy (non-hydrogen) atoms. The number of rotatable bonds is 4. The number of nitrogens with one attached hydrogen (secondary N) is 1. The highest BCUT2D eigenvalue weighted by Gasteiger charge is 2.07. The van der Waals surface area contributed by atoms with Crippen molar-refractivity contribution in [3.63, 3.8) is 0 Å². The summed E-state index contributed by atoms with van der Waals surface area (Å²) in [5, 5.41) is 15.3. The van der Waals surface area contributed by atoms with E-state index in [0.717, 1.165) is 23.8 Å². The fraction of sp³-hybridized carbons (Fsp3) is 0.333. The Morgan fingerprint density at radius 3 is 2.94 bits per heavy atom. The van der Waals surface area contributed by atoms with Crippen LogP contribution < -0.4 is 5.32 Å². The molecule has 2 aromatic rings. The zero-order valence-corrected chi connectivity index (χ0v) is 10.7. The van der Waals surface area contributed by atoms with Crippen molar-refractivity contribution < 1.29 is 0 Å². The van der Waals surface area contributed by atoms with Gasteiger partial charge in [0.15, 0.2) is 0 Å². The van der Waals surface area contributed by atoms with Crippen molar-refractivity contribution in [2.75, 3.05) is 0 Å². The number of hydrogen-bond donors (Lipinski definition) is 1. The van der Waals surface area contributed by atoms with E-state index in [4.69, 9.17) is 5.26 Å². The monoisotopic (exact) mass is 246 g/mol. The Bertz CT molecular complexity index is 534. The number of thiazole rings is 1. The minimum Gasteiger partial charge on any atom is -0.340 e. The lowest BCUT2D eigenvalue weighted by Crippen LogP contribution is -2.12. The number of nitriles is 1. The van der Waals surface area contributed by atoms with Crippen molar-refractivity contribution >= 4 is 11.3 Å². The van der Waals surface area contributed by atoms with Crippen LogP contribution in [0.5, 0.6) is 0 Å². The third kappa shape index (κ3) is 2.54. The lowest BCUT2D eigenvalue weighted by molar-refractivity contribution is 0.684.